The lowest BCUT2D eigenvalue weighted by molar-refractivity contribution is 0.284. The SMILES string of the molecule is COc1cc(C=NNc2nc3ccccc3s2)ccc1OCc1ccccc1. The summed E-state index contributed by atoms with van der Waals surface area (Å²) < 4.78 is 12.5. The van der Waals surface area contributed by atoms with E-state index >= 15 is 0 Å². The van der Waals surface area contributed by atoms with Gasteiger partial charge in [0.25, 0.3) is 0 Å². The first-order chi connectivity index (χ1) is 13.8. The molecule has 0 aliphatic carbocycles. The normalized spacial score (nSPS) is 11.0. The first kappa shape index (κ1) is 18.0. The number of hydrogen-bond donors (Lipinski definition) is 1. The van der Waals surface area contributed by atoms with E-state index in [2.05, 4.69) is 15.5 Å². The molecule has 0 saturated carbocycles. The average Bonchev–Trinajstić information content (AvgIpc) is 3.16. The van der Waals surface area contributed by atoms with Crippen LogP contribution < -0.4 is 14.9 Å². The van der Waals surface area contributed by atoms with E-state index in [0.29, 0.717) is 18.1 Å². The molecule has 0 saturated heterocycles. The van der Waals surface area contributed by atoms with E-state index in [1.807, 2.05) is 72.8 Å². The van der Waals surface area contributed by atoms with Gasteiger partial charge in [-0.05, 0) is 41.5 Å². The van der Waals surface area contributed by atoms with E-state index in [9.17, 15) is 0 Å². The molecule has 0 radical (unpaired) electrons. The topological polar surface area (TPSA) is 55.7 Å². The second kappa shape index (κ2) is 8.54. The quantitative estimate of drug-likeness (QED) is 0.343. The van der Waals surface area contributed by atoms with Crippen LogP contribution in [0.3, 0.4) is 0 Å². The highest BCUT2D eigenvalue weighted by Gasteiger charge is 2.06. The first-order valence-corrected chi connectivity index (χ1v) is 9.63. The Balaban J connectivity index is 1.42. The number of nitrogens with zero attached hydrogens (tertiary/aromatic N) is 2. The van der Waals surface area contributed by atoms with Crippen molar-refractivity contribution in [1.82, 2.24) is 4.98 Å². The van der Waals surface area contributed by atoms with E-state index in [0.717, 1.165) is 26.5 Å². The molecule has 140 valence electrons. The minimum absolute atomic E-state index is 0.490. The maximum absolute atomic E-state index is 5.88. The molecule has 0 amide bonds. The number of fused-ring (bicyclic) bond motifs is 1. The number of nitrogens with one attached hydrogen (secondary N) is 1. The number of hydrazone groups is 1. The van der Waals surface area contributed by atoms with Gasteiger partial charge < -0.3 is 9.47 Å². The number of methoxy groups -OCH3 is 1. The molecule has 0 bridgehead atoms. The molecule has 1 aromatic heterocycles. The van der Waals surface area contributed by atoms with Gasteiger partial charge in [-0.25, -0.2) is 4.98 Å². The number of thiazole rings is 1. The van der Waals surface area contributed by atoms with E-state index in [4.69, 9.17) is 9.47 Å². The van der Waals surface area contributed by atoms with Gasteiger partial charge in [-0.15, -0.1) is 0 Å². The Morgan fingerprint density at radius 2 is 1.82 bits per heavy atom. The largest absolute Gasteiger partial charge is 0.493 e. The van der Waals surface area contributed by atoms with E-state index in [1.54, 1.807) is 24.7 Å². The predicted molar refractivity (Wildman–Crippen MR) is 115 cm³/mol. The third-order valence-electron chi connectivity index (χ3n) is 4.09. The summed E-state index contributed by atoms with van der Waals surface area (Å²) in [5.74, 6) is 1.36. The van der Waals surface area contributed by atoms with Crippen LogP contribution in [0.1, 0.15) is 11.1 Å². The number of rotatable bonds is 7. The molecule has 4 aromatic rings. The summed E-state index contributed by atoms with van der Waals surface area (Å²) in [6.45, 7) is 0.490. The number of ether oxygens (including phenoxy) is 2. The zero-order valence-electron chi connectivity index (χ0n) is 15.3. The average molecular weight is 389 g/mol. The van der Waals surface area contributed by atoms with Crippen molar-refractivity contribution in [1.29, 1.82) is 0 Å². The summed E-state index contributed by atoms with van der Waals surface area (Å²) >= 11 is 1.57. The van der Waals surface area contributed by atoms with Crippen molar-refractivity contribution in [3.05, 3.63) is 83.9 Å². The molecule has 1 heterocycles. The molecule has 5 nitrogen and oxygen atoms in total. The number of anilines is 1. The monoisotopic (exact) mass is 389 g/mol. The molecule has 0 aliphatic heterocycles. The third kappa shape index (κ3) is 4.29. The van der Waals surface area contributed by atoms with Crippen LogP contribution in [0.25, 0.3) is 10.2 Å². The molecule has 0 fully saturated rings. The maximum Gasteiger partial charge on any atom is 0.204 e. The van der Waals surface area contributed by atoms with Crippen molar-refractivity contribution in [2.24, 2.45) is 5.10 Å². The molecule has 0 unspecified atom stereocenters. The standard InChI is InChI=1S/C22H19N3O2S/c1-26-20-13-17(11-12-19(20)27-15-16-7-3-2-4-8-16)14-23-25-22-24-18-9-5-6-10-21(18)28-22/h2-14H,15H2,1H3,(H,24,25). The number of hydrogen-bond acceptors (Lipinski definition) is 6. The smallest absolute Gasteiger partial charge is 0.204 e. The molecular weight excluding hydrogens is 370 g/mol. The van der Waals surface area contributed by atoms with Gasteiger partial charge in [0.1, 0.15) is 6.61 Å². The first-order valence-electron chi connectivity index (χ1n) is 8.81. The van der Waals surface area contributed by atoms with Crippen LogP contribution in [0, 0.1) is 0 Å². The zero-order chi connectivity index (χ0) is 19.2. The molecule has 0 spiro atoms. The van der Waals surface area contributed by atoms with Gasteiger partial charge in [0.2, 0.25) is 5.13 Å². The van der Waals surface area contributed by atoms with Crippen molar-refractivity contribution >= 4 is 32.9 Å². The van der Waals surface area contributed by atoms with Gasteiger partial charge in [-0.1, -0.05) is 53.8 Å². The minimum Gasteiger partial charge on any atom is -0.493 e. The number of benzene rings is 3. The van der Waals surface area contributed by atoms with Crippen molar-refractivity contribution < 1.29 is 9.47 Å². The molecule has 0 atom stereocenters. The Bertz CT molecular complexity index is 1060. The van der Waals surface area contributed by atoms with Gasteiger partial charge in [-0.2, -0.15) is 5.10 Å². The van der Waals surface area contributed by atoms with Crippen molar-refractivity contribution in [2.45, 2.75) is 6.61 Å². The van der Waals surface area contributed by atoms with Gasteiger partial charge in [-0.3, -0.25) is 5.43 Å². The third-order valence-corrected chi connectivity index (χ3v) is 5.03. The van der Waals surface area contributed by atoms with Crippen molar-refractivity contribution in [3.63, 3.8) is 0 Å². The van der Waals surface area contributed by atoms with Crippen LogP contribution in [0.5, 0.6) is 11.5 Å². The zero-order valence-corrected chi connectivity index (χ0v) is 16.1. The van der Waals surface area contributed by atoms with Crippen LogP contribution in [0.15, 0.2) is 77.9 Å². The molecular formula is C22H19N3O2S. The lowest BCUT2D eigenvalue weighted by Crippen LogP contribution is -1.98. The Morgan fingerprint density at radius 1 is 1.00 bits per heavy atom. The molecule has 28 heavy (non-hydrogen) atoms. The summed E-state index contributed by atoms with van der Waals surface area (Å²) in [7, 11) is 1.63. The van der Waals surface area contributed by atoms with Crippen LogP contribution in [0.4, 0.5) is 5.13 Å². The van der Waals surface area contributed by atoms with Crippen LogP contribution in [0.2, 0.25) is 0 Å². The second-order valence-electron chi connectivity index (χ2n) is 6.04. The lowest BCUT2D eigenvalue weighted by Gasteiger charge is -2.11. The van der Waals surface area contributed by atoms with Crippen LogP contribution in [-0.2, 0) is 6.61 Å². The highest BCUT2D eigenvalue weighted by atomic mass is 32.1. The van der Waals surface area contributed by atoms with Crippen LogP contribution >= 0.6 is 11.3 Å². The molecule has 3 aromatic carbocycles. The van der Waals surface area contributed by atoms with Gasteiger partial charge in [0, 0.05) is 0 Å². The van der Waals surface area contributed by atoms with Gasteiger partial charge in [0.15, 0.2) is 11.5 Å². The highest BCUT2D eigenvalue weighted by Crippen LogP contribution is 2.29. The Hall–Kier alpha value is -3.38. The summed E-state index contributed by atoms with van der Waals surface area (Å²) in [4.78, 5) is 4.49. The minimum atomic E-state index is 0.490. The highest BCUT2D eigenvalue weighted by molar-refractivity contribution is 7.22. The van der Waals surface area contributed by atoms with E-state index < -0.39 is 0 Å². The lowest BCUT2D eigenvalue weighted by atomic mass is 10.2. The fourth-order valence-electron chi connectivity index (χ4n) is 2.70. The van der Waals surface area contributed by atoms with Gasteiger partial charge in [0.05, 0.1) is 23.5 Å². The fourth-order valence-corrected chi connectivity index (χ4v) is 3.52. The Labute approximate surface area is 167 Å². The molecule has 4 rings (SSSR count). The maximum atomic E-state index is 5.88. The number of aromatic nitrogens is 1. The summed E-state index contributed by atoms with van der Waals surface area (Å²) in [6.07, 6.45) is 1.73. The predicted octanol–water partition coefficient (Wildman–Crippen LogP) is 5.33. The summed E-state index contributed by atoms with van der Waals surface area (Å²) in [5.41, 5.74) is 5.96. The number of para-hydroxylation sites is 1. The van der Waals surface area contributed by atoms with E-state index in [1.165, 1.54) is 0 Å². The molecule has 1 N–H and O–H groups in total. The Morgan fingerprint density at radius 3 is 2.64 bits per heavy atom. The van der Waals surface area contributed by atoms with E-state index in [-0.39, 0.29) is 0 Å². The second-order valence-corrected chi connectivity index (χ2v) is 7.07. The van der Waals surface area contributed by atoms with Crippen molar-refractivity contribution in [2.75, 3.05) is 12.5 Å². The van der Waals surface area contributed by atoms with Gasteiger partial charge >= 0.3 is 0 Å². The van der Waals surface area contributed by atoms with Crippen LogP contribution in [-0.4, -0.2) is 18.3 Å². The molecule has 6 heteroatoms. The summed E-state index contributed by atoms with van der Waals surface area (Å²) in [6, 6.07) is 23.8. The Kier molecular flexibility index (Phi) is 5.49. The molecule has 0 aliphatic rings. The van der Waals surface area contributed by atoms with Crippen molar-refractivity contribution in [3.8, 4) is 11.5 Å². The fraction of sp³-hybridized carbons (Fsp3) is 0.0909. The summed E-state index contributed by atoms with van der Waals surface area (Å²) in [5, 5.41) is 5.04.